The number of nitrogen functional groups attached to an aromatic ring is 1. The molecular weight excluding hydrogens is 240 g/mol. The summed E-state index contributed by atoms with van der Waals surface area (Å²) in [5.41, 5.74) is 5.46. The molecule has 0 aliphatic carbocycles. The molecule has 1 aromatic carbocycles. The molecule has 1 aromatic heterocycles. The topological polar surface area (TPSA) is 76.0 Å². The van der Waals surface area contributed by atoms with Crippen LogP contribution < -0.4 is 11.3 Å². The molecule has 0 unspecified atom stereocenters. The summed E-state index contributed by atoms with van der Waals surface area (Å²) in [7, 11) is 0. The number of ketones is 1. The number of aromatic amines is 1. The van der Waals surface area contributed by atoms with Crippen LogP contribution in [0.4, 0.5) is 5.69 Å². The Hall–Kier alpha value is -2.07. The van der Waals surface area contributed by atoms with Crippen molar-refractivity contribution in [1.29, 1.82) is 0 Å². The second-order valence-electron chi connectivity index (χ2n) is 3.44. The number of rotatable bonds is 2. The van der Waals surface area contributed by atoms with Gasteiger partial charge in [0, 0.05) is 11.8 Å². The number of carbonyl (C=O) groups is 1. The first-order valence-electron chi connectivity index (χ1n) is 4.87. The van der Waals surface area contributed by atoms with E-state index in [0.717, 1.165) is 0 Å². The van der Waals surface area contributed by atoms with E-state index in [1.807, 2.05) is 0 Å². The molecule has 0 spiro atoms. The molecule has 0 aliphatic heterocycles. The minimum absolute atomic E-state index is 0.0996. The molecule has 0 bridgehead atoms. The summed E-state index contributed by atoms with van der Waals surface area (Å²) in [4.78, 5) is 25.8. The summed E-state index contributed by atoms with van der Waals surface area (Å²) in [5, 5.41) is 0.331. The highest BCUT2D eigenvalue weighted by atomic mass is 35.5. The number of anilines is 1. The van der Waals surface area contributed by atoms with Crippen LogP contribution >= 0.6 is 11.6 Å². The number of hydrogen-bond donors (Lipinski definition) is 2. The Kier molecular flexibility index (Phi) is 2.97. The number of pyridine rings is 1. The third-order valence-electron chi connectivity index (χ3n) is 2.36. The first-order chi connectivity index (χ1) is 8.11. The highest BCUT2D eigenvalue weighted by molar-refractivity contribution is 6.35. The van der Waals surface area contributed by atoms with E-state index in [1.165, 1.54) is 12.3 Å². The van der Waals surface area contributed by atoms with Gasteiger partial charge < -0.3 is 10.7 Å². The molecule has 0 saturated heterocycles. The molecule has 2 rings (SSSR count). The molecule has 5 heteroatoms. The zero-order valence-electron chi connectivity index (χ0n) is 8.74. The lowest BCUT2D eigenvalue weighted by atomic mass is 10.0. The van der Waals surface area contributed by atoms with E-state index in [9.17, 15) is 9.59 Å². The maximum atomic E-state index is 12.1. The highest BCUT2D eigenvalue weighted by Crippen LogP contribution is 2.20. The van der Waals surface area contributed by atoms with Crippen molar-refractivity contribution in [3.8, 4) is 0 Å². The van der Waals surface area contributed by atoms with Crippen LogP contribution in [0.3, 0.4) is 0 Å². The molecule has 86 valence electrons. The van der Waals surface area contributed by atoms with Gasteiger partial charge in [0.05, 0.1) is 10.6 Å². The fourth-order valence-electron chi connectivity index (χ4n) is 1.48. The fraction of sp³-hybridized carbons (Fsp3) is 0. The van der Waals surface area contributed by atoms with Crippen molar-refractivity contribution < 1.29 is 4.79 Å². The van der Waals surface area contributed by atoms with Gasteiger partial charge in [0.1, 0.15) is 5.69 Å². The lowest BCUT2D eigenvalue weighted by Gasteiger charge is -2.05. The van der Waals surface area contributed by atoms with Crippen LogP contribution in [0.25, 0.3) is 0 Å². The van der Waals surface area contributed by atoms with E-state index < -0.39 is 5.56 Å². The minimum atomic E-state index is -0.483. The molecule has 0 atom stereocenters. The average Bonchev–Trinajstić information content (AvgIpc) is 2.32. The number of aromatic nitrogens is 1. The van der Waals surface area contributed by atoms with Gasteiger partial charge in [-0.2, -0.15) is 0 Å². The van der Waals surface area contributed by atoms with Crippen molar-refractivity contribution in [2.45, 2.75) is 0 Å². The lowest BCUT2D eigenvalue weighted by Crippen LogP contribution is -2.17. The van der Waals surface area contributed by atoms with Crippen molar-refractivity contribution in [3.63, 3.8) is 0 Å². The second kappa shape index (κ2) is 4.43. The van der Waals surface area contributed by atoms with Crippen LogP contribution in [0.2, 0.25) is 5.02 Å². The van der Waals surface area contributed by atoms with E-state index in [0.29, 0.717) is 10.6 Å². The van der Waals surface area contributed by atoms with Gasteiger partial charge in [0.25, 0.3) is 5.56 Å². The van der Waals surface area contributed by atoms with Gasteiger partial charge in [-0.25, -0.2) is 0 Å². The Morgan fingerprint density at radius 2 is 1.88 bits per heavy atom. The van der Waals surface area contributed by atoms with Crippen LogP contribution in [0, 0.1) is 0 Å². The fourth-order valence-corrected chi connectivity index (χ4v) is 1.70. The molecule has 0 fully saturated rings. The molecule has 4 nitrogen and oxygen atoms in total. The molecule has 1 heterocycles. The quantitative estimate of drug-likeness (QED) is 0.797. The zero-order valence-corrected chi connectivity index (χ0v) is 9.49. The van der Waals surface area contributed by atoms with E-state index in [-0.39, 0.29) is 17.0 Å². The summed E-state index contributed by atoms with van der Waals surface area (Å²) in [6.45, 7) is 0. The number of carbonyl (C=O) groups excluding carboxylic acids is 1. The molecule has 17 heavy (non-hydrogen) atoms. The second-order valence-corrected chi connectivity index (χ2v) is 3.85. The minimum Gasteiger partial charge on any atom is -0.394 e. The Labute approximate surface area is 102 Å². The molecule has 0 saturated carbocycles. The number of benzene rings is 1. The Balaban J connectivity index is 2.56. The molecular formula is C12H9ClN2O2. The van der Waals surface area contributed by atoms with Gasteiger partial charge in [0.15, 0.2) is 5.78 Å². The first-order valence-corrected chi connectivity index (χ1v) is 5.25. The van der Waals surface area contributed by atoms with Gasteiger partial charge in [-0.15, -0.1) is 0 Å². The number of halogens is 1. The Bertz CT molecular complexity index is 634. The van der Waals surface area contributed by atoms with Crippen LogP contribution in [-0.4, -0.2) is 10.8 Å². The van der Waals surface area contributed by atoms with E-state index in [1.54, 1.807) is 24.3 Å². The normalized spacial score (nSPS) is 10.2. The van der Waals surface area contributed by atoms with Crippen LogP contribution in [0.1, 0.15) is 15.9 Å². The molecule has 2 aromatic rings. The summed E-state index contributed by atoms with van der Waals surface area (Å²) < 4.78 is 0. The summed E-state index contributed by atoms with van der Waals surface area (Å²) in [5.74, 6) is -0.362. The van der Waals surface area contributed by atoms with Crippen molar-refractivity contribution in [1.82, 2.24) is 4.98 Å². The SMILES string of the molecule is Nc1c(C(=O)c2ccccc2Cl)cc[nH]c1=O. The predicted octanol–water partition coefficient (Wildman–Crippen LogP) is 1.84. The van der Waals surface area contributed by atoms with Crippen molar-refractivity contribution in [2.75, 3.05) is 5.73 Å². The standard InChI is InChI=1S/C12H9ClN2O2/c13-9-4-2-1-3-7(9)11(16)8-5-6-15-12(17)10(8)14/h1-6H,14H2,(H,15,17). The smallest absolute Gasteiger partial charge is 0.271 e. The van der Waals surface area contributed by atoms with Crippen LogP contribution in [-0.2, 0) is 0 Å². The lowest BCUT2D eigenvalue weighted by molar-refractivity contribution is 0.103. The van der Waals surface area contributed by atoms with Crippen molar-refractivity contribution in [3.05, 3.63) is 63.0 Å². The van der Waals surface area contributed by atoms with Crippen molar-refractivity contribution >= 4 is 23.1 Å². The van der Waals surface area contributed by atoms with Gasteiger partial charge in [-0.3, -0.25) is 9.59 Å². The maximum absolute atomic E-state index is 12.1. The third kappa shape index (κ3) is 2.07. The molecule has 0 aliphatic rings. The summed E-state index contributed by atoms with van der Waals surface area (Å²) in [6.07, 6.45) is 1.38. The summed E-state index contributed by atoms with van der Waals surface area (Å²) in [6, 6.07) is 8.08. The largest absolute Gasteiger partial charge is 0.394 e. The van der Waals surface area contributed by atoms with Crippen LogP contribution in [0.15, 0.2) is 41.3 Å². The Morgan fingerprint density at radius 1 is 1.18 bits per heavy atom. The molecule has 0 radical (unpaired) electrons. The maximum Gasteiger partial charge on any atom is 0.271 e. The number of nitrogens with one attached hydrogen (secondary N) is 1. The van der Waals surface area contributed by atoms with Crippen LogP contribution in [0.5, 0.6) is 0 Å². The number of H-pyrrole nitrogens is 1. The molecule has 3 N–H and O–H groups in total. The Morgan fingerprint density at radius 3 is 2.59 bits per heavy atom. The van der Waals surface area contributed by atoms with Gasteiger partial charge in [-0.1, -0.05) is 23.7 Å². The van der Waals surface area contributed by atoms with Gasteiger partial charge >= 0.3 is 0 Å². The third-order valence-corrected chi connectivity index (χ3v) is 2.69. The molecule has 0 amide bonds. The summed E-state index contributed by atoms with van der Waals surface area (Å²) >= 11 is 5.91. The monoisotopic (exact) mass is 248 g/mol. The van der Waals surface area contributed by atoms with Gasteiger partial charge in [-0.05, 0) is 18.2 Å². The van der Waals surface area contributed by atoms with E-state index in [4.69, 9.17) is 17.3 Å². The van der Waals surface area contributed by atoms with E-state index >= 15 is 0 Å². The average molecular weight is 249 g/mol. The number of nitrogens with two attached hydrogens (primary N) is 1. The first kappa shape index (κ1) is 11.4. The number of hydrogen-bond acceptors (Lipinski definition) is 3. The van der Waals surface area contributed by atoms with E-state index in [2.05, 4.69) is 4.98 Å². The predicted molar refractivity (Wildman–Crippen MR) is 66.4 cm³/mol. The highest BCUT2D eigenvalue weighted by Gasteiger charge is 2.16. The zero-order chi connectivity index (χ0) is 12.4. The van der Waals surface area contributed by atoms with Crippen molar-refractivity contribution in [2.24, 2.45) is 0 Å². The van der Waals surface area contributed by atoms with Gasteiger partial charge in [0.2, 0.25) is 0 Å².